The van der Waals surface area contributed by atoms with Gasteiger partial charge in [0.15, 0.2) is 18.1 Å². The number of amides is 3. The average molecular weight is 519 g/mol. The minimum absolute atomic E-state index is 0.224. The maximum atomic E-state index is 12.3. The second-order valence-electron chi connectivity index (χ2n) is 7.14. The van der Waals surface area contributed by atoms with E-state index in [1.54, 1.807) is 12.1 Å². The predicted molar refractivity (Wildman–Crippen MR) is 130 cm³/mol. The van der Waals surface area contributed by atoms with Gasteiger partial charge in [-0.1, -0.05) is 24.6 Å². The van der Waals surface area contributed by atoms with Gasteiger partial charge >= 0.3 is 11.8 Å². The van der Waals surface area contributed by atoms with Crippen LogP contribution in [-0.2, 0) is 14.4 Å². The smallest absolute Gasteiger partial charge is 0.329 e. The third kappa shape index (κ3) is 7.90. The third-order valence-electron chi connectivity index (χ3n) is 4.38. The summed E-state index contributed by atoms with van der Waals surface area (Å²) in [7, 11) is 1.46. The molecule has 3 amide bonds. The number of rotatable bonds is 9. The fourth-order valence-electron chi connectivity index (χ4n) is 2.77. The van der Waals surface area contributed by atoms with Crippen LogP contribution in [0.3, 0.4) is 0 Å². The van der Waals surface area contributed by atoms with Gasteiger partial charge in [0.05, 0.1) is 17.8 Å². The maximum Gasteiger partial charge on any atom is 0.329 e. The Bertz CT molecular complexity index is 1060. The number of hydrogen-bond donors (Lipinski definition) is 3. The summed E-state index contributed by atoms with van der Waals surface area (Å²) in [6.45, 7) is 5.97. The summed E-state index contributed by atoms with van der Waals surface area (Å²) in [6, 6.07) is 9.04. The number of nitrogens with zero attached hydrogens (tertiary/aromatic N) is 1. The van der Waals surface area contributed by atoms with E-state index in [0.29, 0.717) is 28.1 Å². The van der Waals surface area contributed by atoms with Crippen LogP contribution in [0, 0.1) is 13.8 Å². The Morgan fingerprint density at radius 3 is 2.55 bits per heavy atom. The number of halogens is 1. The van der Waals surface area contributed by atoms with E-state index < -0.39 is 11.8 Å². The van der Waals surface area contributed by atoms with E-state index in [1.165, 1.54) is 13.3 Å². The van der Waals surface area contributed by atoms with Gasteiger partial charge in [0.2, 0.25) is 0 Å². The Balaban J connectivity index is 2.01. The van der Waals surface area contributed by atoms with E-state index in [1.807, 2.05) is 39.0 Å². The van der Waals surface area contributed by atoms with Crippen molar-refractivity contribution >= 4 is 45.6 Å². The number of carbonyl (C=O) groups excluding carboxylic acids is 3. The van der Waals surface area contributed by atoms with Crippen molar-refractivity contribution in [1.82, 2.24) is 10.7 Å². The number of anilines is 1. The number of aryl methyl sites for hydroxylation is 2. The summed E-state index contributed by atoms with van der Waals surface area (Å²) in [5.41, 5.74) is 5.52. The van der Waals surface area contributed by atoms with Crippen LogP contribution >= 0.6 is 15.9 Å². The van der Waals surface area contributed by atoms with Crippen LogP contribution in [0.5, 0.6) is 11.5 Å². The van der Waals surface area contributed by atoms with Crippen LogP contribution in [0.4, 0.5) is 5.69 Å². The van der Waals surface area contributed by atoms with Crippen molar-refractivity contribution in [3.8, 4) is 11.5 Å². The molecule has 0 aliphatic rings. The minimum Gasteiger partial charge on any atom is -0.493 e. The van der Waals surface area contributed by atoms with Crippen LogP contribution in [0.1, 0.15) is 30.0 Å². The van der Waals surface area contributed by atoms with E-state index >= 15 is 0 Å². The fraction of sp³-hybridized carbons (Fsp3) is 0.304. The SMILES string of the molecule is CCCNC(=O)C(=O)N/N=C\c1cc(Br)c(OCC(=O)Nc2ccc(C)cc2C)c(OC)c1. The van der Waals surface area contributed by atoms with Gasteiger partial charge in [-0.15, -0.1) is 0 Å². The molecule has 0 bridgehead atoms. The molecule has 0 unspecified atom stereocenters. The third-order valence-corrected chi connectivity index (χ3v) is 4.97. The molecule has 9 nitrogen and oxygen atoms in total. The number of carbonyl (C=O) groups is 3. The first-order valence-corrected chi connectivity index (χ1v) is 11.0. The minimum atomic E-state index is -0.861. The van der Waals surface area contributed by atoms with Gasteiger partial charge in [-0.3, -0.25) is 14.4 Å². The Hall–Kier alpha value is -3.40. The molecule has 0 aliphatic carbocycles. The molecule has 3 N–H and O–H groups in total. The standard InChI is InChI=1S/C23H27BrN4O5/c1-5-8-25-22(30)23(31)28-26-12-16-10-17(24)21(19(11-16)32-4)33-13-20(29)27-18-7-6-14(2)9-15(18)3/h6-7,9-12H,5,8,13H2,1-4H3,(H,25,30)(H,27,29)(H,28,31)/b26-12-. The second kappa shape index (κ2) is 12.6. The monoisotopic (exact) mass is 518 g/mol. The van der Waals surface area contributed by atoms with Gasteiger partial charge in [0.25, 0.3) is 5.91 Å². The van der Waals surface area contributed by atoms with E-state index in [0.717, 1.165) is 23.2 Å². The largest absolute Gasteiger partial charge is 0.493 e. The molecule has 0 saturated heterocycles. The number of methoxy groups -OCH3 is 1. The Kier molecular flexibility index (Phi) is 9.86. The highest BCUT2D eigenvalue weighted by atomic mass is 79.9. The van der Waals surface area contributed by atoms with Crippen LogP contribution < -0.4 is 25.5 Å². The van der Waals surface area contributed by atoms with Crippen LogP contribution in [0.25, 0.3) is 0 Å². The summed E-state index contributed by atoms with van der Waals surface area (Å²) >= 11 is 3.40. The first-order chi connectivity index (χ1) is 15.7. The molecule has 0 aliphatic heterocycles. The lowest BCUT2D eigenvalue weighted by Crippen LogP contribution is -2.38. The first-order valence-electron chi connectivity index (χ1n) is 10.2. The molecule has 0 aromatic heterocycles. The predicted octanol–water partition coefficient (Wildman–Crippen LogP) is 3.07. The molecule has 0 saturated carbocycles. The number of ether oxygens (including phenoxy) is 2. The van der Waals surface area contributed by atoms with Crippen LogP contribution in [0.2, 0.25) is 0 Å². The normalized spacial score (nSPS) is 10.6. The van der Waals surface area contributed by atoms with Crippen molar-refractivity contribution in [2.45, 2.75) is 27.2 Å². The highest BCUT2D eigenvalue weighted by molar-refractivity contribution is 9.10. The highest BCUT2D eigenvalue weighted by Crippen LogP contribution is 2.36. The second-order valence-corrected chi connectivity index (χ2v) is 8.00. The van der Waals surface area contributed by atoms with Crippen molar-refractivity contribution in [2.24, 2.45) is 5.10 Å². The number of hydrazone groups is 1. The zero-order chi connectivity index (χ0) is 24.4. The lowest BCUT2D eigenvalue weighted by Gasteiger charge is -2.14. The van der Waals surface area contributed by atoms with Gasteiger partial charge in [-0.25, -0.2) is 5.43 Å². The summed E-state index contributed by atoms with van der Waals surface area (Å²) < 4.78 is 11.6. The summed E-state index contributed by atoms with van der Waals surface area (Å²) in [5, 5.41) is 9.07. The summed E-state index contributed by atoms with van der Waals surface area (Å²) in [4.78, 5) is 35.6. The van der Waals surface area contributed by atoms with E-state index in [2.05, 4.69) is 37.1 Å². The van der Waals surface area contributed by atoms with E-state index in [4.69, 9.17) is 9.47 Å². The molecule has 2 aromatic carbocycles. The molecular weight excluding hydrogens is 492 g/mol. The molecule has 10 heteroatoms. The van der Waals surface area contributed by atoms with Crippen molar-refractivity contribution in [3.05, 3.63) is 51.5 Å². The van der Waals surface area contributed by atoms with Crippen molar-refractivity contribution in [1.29, 1.82) is 0 Å². The number of hydrogen-bond acceptors (Lipinski definition) is 6. The topological polar surface area (TPSA) is 118 Å². The number of nitrogens with one attached hydrogen (secondary N) is 3. The van der Waals surface area contributed by atoms with Gasteiger partial charge in [-0.2, -0.15) is 5.10 Å². The number of benzene rings is 2. The zero-order valence-corrected chi connectivity index (χ0v) is 20.5. The van der Waals surface area contributed by atoms with E-state index in [9.17, 15) is 14.4 Å². The Labute approximate surface area is 201 Å². The molecule has 0 atom stereocenters. The molecule has 0 spiro atoms. The molecule has 33 heavy (non-hydrogen) atoms. The van der Waals surface area contributed by atoms with Crippen LogP contribution in [-0.4, -0.2) is 44.2 Å². The lowest BCUT2D eigenvalue weighted by atomic mass is 10.1. The van der Waals surface area contributed by atoms with Crippen molar-refractivity contribution < 1.29 is 23.9 Å². The van der Waals surface area contributed by atoms with Gasteiger partial charge in [0, 0.05) is 12.2 Å². The zero-order valence-electron chi connectivity index (χ0n) is 19.0. The summed E-state index contributed by atoms with van der Waals surface area (Å²) in [5.74, 6) is -1.23. The molecular formula is C23H27BrN4O5. The van der Waals surface area contributed by atoms with Gasteiger partial charge in [0.1, 0.15) is 0 Å². The fourth-order valence-corrected chi connectivity index (χ4v) is 3.34. The molecule has 0 heterocycles. The Morgan fingerprint density at radius 1 is 1.12 bits per heavy atom. The van der Waals surface area contributed by atoms with Crippen molar-refractivity contribution in [3.63, 3.8) is 0 Å². The molecule has 2 rings (SSSR count). The highest BCUT2D eigenvalue weighted by Gasteiger charge is 2.15. The van der Waals surface area contributed by atoms with Crippen LogP contribution in [0.15, 0.2) is 39.9 Å². The van der Waals surface area contributed by atoms with Gasteiger partial charge in [-0.05, 0) is 65.5 Å². The van der Waals surface area contributed by atoms with Gasteiger partial charge < -0.3 is 20.1 Å². The Morgan fingerprint density at radius 2 is 1.88 bits per heavy atom. The summed E-state index contributed by atoms with van der Waals surface area (Å²) in [6.07, 6.45) is 2.08. The van der Waals surface area contributed by atoms with E-state index in [-0.39, 0.29) is 12.5 Å². The molecule has 2 aromatic rings. The molecule has 176 valence electrons. The molecule has 0 fully saturated rings. The first kappa shape index (κ1) is 25.9. The molecule has 0 radical (unpaired) electrons. The average Bonchev–Trinajstić information content (AvgIpc) is 2.78. The van der Waals surface area contributed by atoms with Crippen molar-refractivity contribution in [2.75, 3.05) is 25.6 Å². The lowest BCUT2D eigenvalue weighted by molar-refractivity contribution is -0.139. The maximum absolute atomic E-state index is 12.3. The quantitative estimate of drug-likeness (QED) is 0.268.